The molecule has 4 nitrogen and oxygen atoms in total. The highest BCUT2D eigenvalue weighted by molar-refractivity contribution is 5.76. The monoisotopic (exact) mass is 281 g/mol. The van der Waals surface area contributed by atoms with Gasteiger partial charge in [0.15, 0.2) is 11.5 Å². The molecule has 4 heteroatoms. The average molecular weight is 281 g/mol. The topological polar surface area (TPSA) is 59.3 Å². The Balaban J connectivity index is 2.16. The molecule has 2 rings (SSSR count). The molecule has 0 spiro atoms. The van der Waals surface area contributed by atoms with Gasteiger partial charge in [0, 0.05) is 5.56 Å². The number of methoxy groups -OCH3 is 1. The molecule has 0 unspecified atom stereocenters. The predicted octanol–water partition coefficient (Wildman–Crippen LogP) is 3.27. The van der Waals surface area contributed by atoms with Crippen molar-refractivity contribution in [1.29, 1.82) is 5.26 Å². The molecule has 0 fully saturated rings. The van der Waals surface area contributed by atoms with Crippen LogP contribution < -0.4 is 9.47 Å². The lowest BCUT2D eigenvalue weighted by atomic mass is 10.1. The van der Waals surface area contributed by atoms with Gasteiger partial charge in [-0.05, 0) is 48.4 Å². The molecule has 0 amide bonds. The Morgan fingerprint density at radius 1 is 1.19 bits per heavy atom. The lowest BCUT2D eigenvalue weighted by Crippen LogP contribution is -2.00. The second-order valence-corrected chi connectivity index (χ2v) is 4.57. The Morgan fingerprint density at radius 3 is 2.62 bits per heavy atom. The fourth-order valence-corrected chi connectivity index (χ4v) is 1.96. The van der Waals surface area contributed by atoms with Crippen molar-refractivity contribution in [3.63, 3.8) is 0 Å². The first-order valence-electron chi connectivity index (χ1n) is 6.43. The van der Waals surface area contributed by atoms with Crippen LogP contribution >= 0.6 is 0 Å². The van der Waals surface area contributed by atoms with Crippen LogP contribution in [0.5, 0.6) is 11.5 Å². The van der Waals surface area contributed by atoms with Crippen LogP contribution in [0.1, 0.15) is 27.0 Å². The van der Waals surface area contributed by atoms with E-state index in [1.54, 1.807) is 24.3 Å². The molecule has 2 aromatic carbocycles. The largest absolute Gasteiger partial charge is 0.493 e. The van der Waals surface area contributed by atoms with Crippen LogP contribution in [0.3, 0.4) is 0 Å². The number of carbonyl (C=O) groups is 1. The minimum atomic E-state index is 0.369. The summed E-state index contributed by atoms with van der Waals surface area (Å²) in [7, 11) is 1.53. The number of benzene rings is 2. The maximum Gasteiger partial charge on any atom is 0.161 e. The standard InChI is InChI=1S/C17H15NO3/c1-12-7-13(9-18)3-5-15(12)11-21-16-6-4-14(10-19)8-17(16)20-2/h3-8,10H,11H2,1-2H3. The van der Waals surface area contributed by atoms with Gasteiger partial charge < -0.3 is 9.47 Å². The van der Waals surface area contributed by atoms with E-state index < -0.39 is 0 Å². The van der Waals surface area contributed by atoms with Gasteiger partial charge in [0.25, 0.3) is 0 Å². The van der Waals surface area contributed by atoms with Crippen molar-refractivity contribution in [2.75, 3.05) is 7.11 Å². The van der Waals surface area contributed by atoms with Gasteiger partial charge in [-0.1, -0.05) is 6.07 Å². The molecule has 0 heterocycles. The fourth-order valence-electron chi connectivity index (χ4n) is 1.96. The van der Waals surface area contributed by atoms with Crippen molar-refractivity contribution in [3.8, 4) is 17.6 Å². The second-order valence-electron chi connectivity index (χ2n) is 4.57. The van der Waals surface area contributed by atoms with E-state index in [-0.39, 0.29) is 0 Å². The normalized spacial score (nSPS) is 9.76. The summed E-state index contributed by atoms with van der Waals surface area (Å²) in [6.45, 7) is 2.31. The zero-order chi connectivity index (χ0) is 15.2. The maximum atomic E-state index is 10.7. The summed E-state index contributed by atoms with van der Waals surface area (Å²) in [6, 6.07) is 12.6. The van der Waals surface area contributed by atoms with E-state index in [1.807, 2.05) is 19.1 Å². The minimum Gasteiger partial charge on any atom is -0.493 e. The van der Waals surface area contributed by atoms with Gasteiger partial charge in [0.1, 0.15) is 12.9 Å². The summed E-state index contributed by atoms with van der Waals surface area (Å²) in [5, 5.41) is 8.85. The third-order valence-corrected chi connectivity index (χ3v) is 3.18. The molecule has 0 bridgehead atoms. The lowest BCUT2D eigenvalue weighted by molar-refractivity contribution is 0.112. The van der Waals surface area contributed by atoms with Gasteiger partial charge in [-0.25, -0.2) is 0 Å². The van der Waals surface area contributed by atoms with E-state index >= 15 is 0 Å². The van der Waals surface area contributed by atoms with E-state index in [2.05, 4.69) is 6.07 Å². The Kier molecular flexibility index (Phi) is 4.57. The van der Waals surface area contributed by atoms with Gasteiger partial charge in [-0.3, -0.25) is 4.79 Å². The van der Waals surface area contributed by atoms with Crippen LogP contribution in [0, 0.1) is 18.3 Å². The Hall–Kier alpha value is -2.80. The molecule has 0 aliphatic carbocycles. The molecule has 0 aliphatic rings. The minimum absolute atomic E-state index is 0.369. The molecule has 0 N–H and O–H groups in total. The van der Waals surface area contributed by atoms with Crippen LogP contribution in [0.4, 0.5) is 0 Å². The highest BCUT2D eigenvalue weighted by Gasteiger charge is 2.07. The number of aryl methyl sites for hydroxylation is 1. The van der Waals surface area contributed by atoms with E-state index in [1.165, 1.54) is 7.11 Å². The number of nitrogens with zero attached hydrogens (tertiary/aromatic N) is 1. The van der Waals surface area contributed by atoms with Crippen molar-refractivity contribution >= 4 is 6.29 Å². The molecular weight excluding hydrogens is 266 g/mol. The Morgan fingerprint density at radius 2 is 2.00 bits per heavy atom. The molecule has 0 aliphatic heterocycles. The number of aldehydes is 1. The van der Waals surface area contributed by atoms with Gasteiger partial charge >= 0.3 is 0 Å². The van der Waals surface area contributed by atoms with Crippen LogP contribution in [-0.2, 0) is 6.61 Å². The first-order valence-corrected chi connectivity index (χ1v) is 6.43. The van der Waals surface area contributed by atoms with Gasteiger partial charge in [0.2, 0.25) is 0 Å². The number of hydrogen-bond acceptors (Lipinski definition) is 4. The van der Waals surface area contributed by atoms with E-state index in [0.29, 0.717) is 29.2 Å². The van der Waals surface area contributed by atoms with Crippen LogP contribution in [0.15, 0.2) is 36.4 Å². The highest BCUT2D eigenvalue weighted by Crippen LogP contribution is 2.28. The Labute approximate surface area is 123 Å². The summed E-state index contributed by atoms with van der Waals surface area (Å²) in [4.78, 5) is 10.7. The molecule has 0 radical (unpaired) electrons. The molecule has 2 aromatic rings. The number of ether oxygens (including phenoxy) is 2. The smallest absolute Gasteiger partial charge is 0.161 e. The first-order chi connectivity index (χ1) is 10.2. The summed E-state index contributed by atoms with van der Waals surface area (Å²) in [5.41, 5.74) is 3.16. The predicted molar refractivity (Wildman–Crippen MR) is 78.6 cm³/mol. The Bertz CT molecular complexity index is 702. The zero-order valence-electron chi connectivity index (χ0n) is 11.9. The van der Waals surface area contributed by atoms with Gasteiger partial charge in [-0.15, -0.1) is 0 Å². The third-order valence-electron chi connectivity index (χ3n) is 3.18. The van der Waals surface area contributed by atoms with Crippen LogP contribution in [-0.4, -0.2) is 13.4 Å². The average Bonchev–Trinajstić information content (AvgIpc) is 2.53. The van der Waals surface area contributed by atoms with Crippen LogP contribution in [0.25, 0.3) is 0 Å². The number of nitriles is 1. The molecule has 0 saturated heterocycles. The number of carbonyl (C=O) groups excluding carboxylic acids is 1. The SMILES string of the molecule is COc1cc(C=O)ccc1OCc1ccc(C#N)cc1C. The number of rotatable bonds is 5. The van der Waals surface area contributed by atoms with E-state index in [9.17, 15) is 4.79 Å². The summed E-state index contributed by atoms with van der Waals surface area (Å²) >= 11 is 0. The van der Waals surface area contributed by atoms with Crippen LogP contribution in [0.2, 0.25) is 0 Å². The van der Waals surface area contributed by atoms with Crippen molar-refractivity contribution < 1.29 is 14.3 Å². The summed E-state index contributed by atoms with van der Waals surface area (Å²) < 4.78 is 11.0. The van der Waals surface area contributed by atoms with E-state index in [0.717, 1.165) is 17.4 Å². The zero-order valence-corrected chi connectivity index (χ0v) is 11.9. The molecular formula is C17H15NO3. The molecule has 0 saturated carbocycles. The lowest BCUT2D eigenvalue weighted by Gasteiger charge is -2.12. The van der Waals surface area contributed by atoms with Gasteiger partial charge in [-0.2, -0.15) is 5.26 Å². The third kappa shape index (κ3) is 3.40. The molecule has 21 heavy (non-hydrogen) atoms. The summed E-state index contributed by atoms with van der Waals surface area (Å²) in [5.74, 6) is 1.10. The second kappa shape index (κ2) is 6.58. The fraction of sp³-hybridized carbons (Fsp3) is 0.176. The van der Waals surface area contributed by atoms with E-state index in [4.69, 9.17) is 14.7 Å². The van der Waals surface area contributed by atoms with Crippen molar-refractivity contribution in [1.82, 2.24) is 0 Å². The molecule has 106 valence electrons. The summed E-state index contributed by atoms with van der Waals surface area (Å²) in [6.07, 6.45) is 0.761. The van der Waals surface area contributed by atoms with Crippen molar-refractivity contribution in [2.45, 2.75) is 13.5 Å². The quantitative estimate of drug-likeness (QED) is 0.789. The van der Waals surface area contributed by atoms with Gasteiger partial charge in [0.05, 0.1) is 18.7 Å². The van der Waals surface area contributed by atoms with Crippen molar-refractivity contribution in [3.05, 3.63) is 58.7 Å². The molecule has 0 aromatic heterocycles. The van der Waals surface area contributed by atoms with Crippen molar-refractivity contribution in [2.24, 2.45) is 0 Å². The maximum absolute atomic E-state index is 10.7. The molecule has 0 atom stereocenters. The highest BCUT2D eigenvalue weighted by atomic mass is 16.5. The first kappa shape index (κ1) is 14.6. The number of hydrogen-bond donors (Lipinski definition) is 0.